The standard InChI is InChI=1S/C22H28N2O/c1-3-23(4-2)13-14-24-16-19-10-5-7-11-20(19)22(17-24)15-18-9-6-8-12-21(18)25-22/h5-9,11-12,16H,3-4,10,13-15,17H2,1-2H3. The van der Waals surface area contributed by atoms with Crippen molar-refractivity contribution in [3.63, 3.8) is 0 Å². The monoisotopic (exact) mass is 336 g/mol. The maximum absolute atomic E-state index is 6.60. The Labute approximate surface area is 151 Å². The van der Waals surface area contributed by atoms with E-state index in [1.54, 1.807) is 0 Å². The highest BCUT2D eigenvalue weighted by Gasteiger charge is 2.46. The minimum atomic E-state index is -0.220. The third-order valence-electron chi connectivity index (χ3n) is 5.72. The van der Waals surface area contributed by atoms with Gasteiger partial charge < -0.3 is 14.5 Å². The molecule has 25 heavy (non-hydrogen) atoms. The third-order valence-corrected chi connectivity index (χ3v) is 5.72. The Morgan fingerprint density at radius 1 is 1.20 bits per heavy atom. The van der Waals surface area contributed by atoms with Crippen LogP contribution in [0.25, 0.3) is 0 Å². The van der Waals surface area contributed by atoms with Crippen LogP contribution >= 0.6 is 0 Å². The lowest BCUT2D eigenvalue weighted by molar-refractivity contribution is 0.0857. The fourth-order valence-corrected chi connectivity index (χ4v) is 4.32. The maximum atomic E-state index is 6.60. The molecule has 0 bridgehead atoms. The zero-order valence-electron chi connectivity index (χ0n) is 15.4. The first-order valence-electron chi connectivity index (χ1n) is 9.56. The van der Waals surface area contributed by atoms with Crippen LogP contribution in [0.2, 0.25) is 0 Å². The lowest BCUT2D eigenvalue weighted by Gasteiger charge is -2.42. The van der Waals surface area contributed by atoms with E-state index in [-0.39, 0.29) is 5.60 Å². The van der Waals surface area contributed by atoms with Crippen molar-refractivity contribution in [2.75, 3.05) is 32.7 Å². The molecule has 0 saturated carbocycles. The second-order valence-electron chi connectivity index (χ2n) is 7.25. The number of hydrogen-bond donors (Lipinski definition) is 0. The molecule has 0 N–H and O–H groups in total. The van der Waals surface area contributed by atoms with E-state index in [4.69, 9.17) is 4.74 Å². The third kappa shape index (κ3) is 3.02. The van der Waals surface area contributed by atoms with Crippen LogP contribution in [0, 0.1) is 0 Å². The number of fused-ring (bicyclic) bond motifs is 3. The van der Waals surface area contributed by atoms with E-state index in [1.165, 1.54) is 16.7 Å². The van der Waals surface area contributed by atoms with E-state index >= 15 is 0 Å². The first-order chi connectivity index (χ1) is 12.2. The summed E-state index contributed by atoms with van der Waals surface area (Å²) in [5.41, 5.74) is 3.91. The van der Waals surface area contributed by atoms with Gasteiger partial charge >= 0.3 is 0 Å². The smallest absolute Gasteiger partial charge is 0.156 e. The summed E-state index contributed by atoms with van der Waals surface area (Å²) < 4.78 is 6.60. The summed E-state index contributed by atoms with van der Waals surface area (Å²) in [7, 11) is 0. The van der Waals surface area contributed by atoms with Crippen LogP contribution in [0.4, 0.5) is 0 Å². The van der Waals surface area contributed by atoms with Gasteiger partial charge in [-0.3, -0.25) is 0 Å². The second kappa shape index (κ2) is 6.72. The Hall–Kier alpha value is -2.00. The molecule has 2 aliphatic heterocycles. The van der Waals surface area contributed by atoms with Gasteiger partial charge in [0, 0.05) is 31.3 Å². The Balaban J connectivity index is 1.60. The predicted octanol–water partition coefficient (Wildman–Crippen LogP) is 3.79. The molecule has 3 heteroatoms. The SMILES string of the molecule is CCN(CC)CCN1C=C2CC=CC=C2C2(Cc3ccccc3O2)C1. The summed E-state index contributed by atoms with van der Waals surface area (Å²) in [6, 6.07) is 8.52. The van der Waals surface area contributed by atoms with Crippen molar-refractivity contribution in [2.24, 2.45) is 0 Å². The topological polar surface area (TPSA) is 15.7 Å². The van der Waals surface area contributed by atoms with Crippen molar-refractivity contribution < 1.29 is 4.74 Å². The molecule has 1 spiro atoms. The number of para-hydroxylation sites is 1. The van der Waals surface area contributed by atoms with Crippen LogP contribution in [0.3, 0.4) is 0 Å². The van der Waals surface area contributed by atoms with E-state index in [0.717, 1.165) is 51.3 Å². The quantitative estimate of drug-likeness (QED) is 0.814. The Morgan fingerprint density at radius 3 is 2.84 bits per heavy atom. The number of hydrogen-bond acceptors (Lipinski definition) is 3. The van der Waals surface area contributed by atoms with Gasteiger partial charge in [0.15, 0.2) is 5.60 Å². The fraction of sp³-hybridized carbons (Fsp3) is 0.455. The van der Waals surface area contributed by atoms with Crippen LogP contribution < -0.4 is 4.74 Å². The minimum absolute atomic E-state index is 0.220. The molecule has 0 fully saturated rings. The number of ether oxygens (including phenoxy) is 1. The van der Waals surface area contributed by atoms with Gasteiger partial charge in [-0.25, -0.2) is 0 Å². The first-order valence-corrected chi connectivity index (χ1v) is 9.56. The first kappa shape index (κ1) is 16.5. The summed E-state index contributed by atoms with van der Waals surface area (Å²) in [4.78, 5) is 4.97. The van der Waals surface area contributed by atoms with Gasteiger partial charge in [0.25, 0.3) is 0 Å². The highest BCUT2D eigenvalue weighted by atomic mass is 16.5. The molecule has 3 aliphatic rings. The average molecular weight is 336 g/mol. The molecule has 2 heterocycles. The van der Waals surface area contributed by atoms with Crippen LogP contribution in [0.5, 0.6) is 5.75 Å². The molecule has 1 aliphatic carbocycles. The van der Waals surface area contributed by atoms with Crippen LogP contribution in [0.1, 0.15) is 25.8 Å². The number of allylic oxidation sites excluding steroid dienone is 3. The highest BCUT2D eigenvalue weighted by Crippen LogP contribution is 2.45. The molecule has 0 amide bonds. The summed E-state index contributed by atoms with van der Waals surface area (Å²) in [5, 5.41) is 0. The molecule has 132 valence electrons. The van der Waals surface area contributed by atoms with Crippen molar-refractivity contribution in [3.05, 3.63) is 65.4 Å². The number of likely N-dealkylation sites (N-methyl/N-ethyl adjacent to an activating group) is 1. The van der Waals surface area contributed by atoms with Gasteiger partial charge in [0.1, 0.15) is 5.75 Å². The van der Waals surface area contributed by atoms with Crippen LogP contribution in [0.15, 0.2) is 59.8 Å². The molecule has 4 rings (SSSR count). The molecular weight excluding hydrogens is 308 g/mol. The average Bonchev–Trinajstić information content (AvgIpc) is 3.01. The van der Waals surface area contributed by atoms with Crippen molar-refractivity contribution in [1.82, 2.24) is 9.80 Å². The van der Waals surface area contributed by atoms with Gasteiger partial charge in [-0.2, -0.15) is 0 Å². The zero-order valence-corrected chi connectivity index (χ0v) is 15.4. The lowest BCUT2D eigenvalue weighted by atomic mass is 9.79. The lowest BCUT2D eigenvalue weighted by Crippen LogP contribution is -2.51. The normalized spacial score (nSPS) is 24.0. The second-order valence-corrected chi connectivity index (χ2v) is 7.25. The van der Waals surface area contributed by atoms with Crippen molar-refractivity contribution in [2.45, 2.75) is 32.3 Å². The summed E-state index contributed by atoms with van der Waals surface area (Å²) >= 11 is 0. The van der Waals surface area contributed by atoms with Gasteiger partial charge in [0.05, 0.1) is 6.54 Å². The van der Waals surface area contributed by atoms with Crippen LogP contribution in [-0.2, 0) is 6.42 Å². The van der Waals surface area contributed by atoms with Gasteiger partial charge in [-0.15, -0.1) is 0 Å². The molecule has 0 saturated heterocycles. The summed E-state index contributed by atoms with van der Waals surface area (Å²) in [6.07, 6.45) is 11.1. The van der Waals surface area contributed by atoms with E-state index in [9.17, 15) is 0 Å². The molecule has 1 unspecified atom stereocenters. The van der Waals surface area contributed by atoms with Gasteiger partial charge in [0.2, 0.25) is 0 Å². The fourth-order valence-electron chi connectivity index (χ4n) is 4.32. The predicted molar refractivity (Wildman–Crippen MR) is 103 cm³/mol. The number of rotatable bonds is 5. The highest BCUT2D eigenvalue weighted by molar-refractivity contribution is 5.53. The Bertz CT molecular complexity index is 702. The van der Waals surface area contributed by atoms with E-state index < -0.39 is 0 Å². The summed E-state index contributed by atoms with van der Waals surface area (Å²) in [6.45, 7) is 9.81. The molecule has 3 nitrogen and oxygen atoms in total. The van der Waals surface area contributed by atoms with Crippen molar-refractivity contribution >= 4 is 0 Å². The molecule has 1 aromatic rings. The molecule has 1 atom stereocenters. The number of nitrogens with zero attached hydrogens (tertiary/aromatic N) is 2. The minimum Gasteiger partial charge on any atom is -0.480 e. The van der Waals surface area contributed by atoms with E-state index in [1.807, 2.05) is 0 Å². The molecular formula is C22H28N2O. The zero-order chi connectivity index (χ0) is 17.3. The van der Waals surface area contributed by atoms with Gasteiger partial charge in [-0.05, 0) is 36.7 Å². The van der Waals surface area contributed by atoms with E-state index in [0.29, 0.717) is 0 Å². The Kier molecular flexibility index (Phi) is 4.43. The van der Waals surface area contributed by atoms with Crippen molar-refractivity contribution in [1.29, 1.82) is 0 Å². The van der Waals surface area contributed by atoms with E-state index in [2.05, 4.69) is 72.3 Å². The Morgan fingerprint density at radius 2 is 2.04 bits per heavy atom. The molecule has 0 radical (unpaired) electrons. The van der Waals surface area contributed by atoms with Crippen LogP contribution in [-0.4, -0.2) is 48.1 Å². The summed E-state index contributed by atoms with van der Waals surface area (Å²) in [5.74, 6) is 1.06. The largest absolute Gasteiger partial charge is 0.480 e. The van der Waals surface area contributed by atoms with Gasteiger partial charge in [-0.1, -0.05) is 50.3 Å². The maximum Gasteiger partial charge on any atom is 0.156 e. The molecule has 1 aromatic carbocycles. The molecule has 0 aromatic heterocycles. The number of benzene rings is 1. The van der Waals surface area contributed by atoms with Crippen molar-refractivity contribution in [3.8, 4) is 5.75 Å².